The molecule has 3 rings (SSSR count). The van der Waals surface area contributed by atoms with Crippen LogP contribution in [-0.4, -0.2) is 46.8 Å². The fourth-order valence-electron chi connectivity index (χ4n) is 2.59. The van der Waals surface area contributed by atoms with E-state index in [0.717, 1.165) is 54.9 Å². The van der Waals surface area contributed by atoms with Gasteiger partial charge in [0.2, 0.25) is 0 Å². The highest BCUT2D eigenvalue weighted by Crippen LogP contribution is 2.22. The molecule has 1 atom stereocenters. The molecule has 1 fully saturated rings. The maximum Gasteiger partial charge on any atom is 0.156 e. The maximum atomic E-state index is 5.84. The van der Waals surface area contributed by atoms with Crippen molar-refractivity contribution < 1.29 is 9.26 Å². The van der Waals surface area contributed by atoms with Gasteiger partial charge in [-0.2, -0.15) is 0 Å². The molecule has 0 saturated carbocycles. The number of morpholine rings is 1. The lowest BCUT2D eigenvalue weighted by molar-refractivity contribution is -0.0232. The van der Waals surface area contributed by atoms with E-state index in [1.807, 2.05) is 19.1 Å². The monoisotopic (exact) mass is 317 g/mol. The molecule has 124 valence electrons. The van der Waals surface area contributed by atoms with Crippen LogP contribution in [0.25, 0.3) is 0 Å². The van der Waals surface area contributed by atoms with Crippen LogP contribution in [0.5, 0.6) is 0 Å². The summed E-state index contributed by atoms with van der Waals surface area (Å²) in [6, 6.07) is 3.91. The molecular weight excluding hydrogens is 294 g/mol. The van der Waals surface area contributed by atoms with Crippen molar-refractivity contribution in [2.24, 2.45) is 0 Å². The molecule has 0 bridgehead atoms. The Hall–Kier alpha value is -1.99. The van der Waals surface area contributed by atoms with E-state index < -0.39 is 0 Å². The van der Waals surface area contributed by atoms with Crippen LogP contribution >= 0.6 is 0 Å². The first-order valence-electron chi connectivity index (χ1n) is 7.98. The van der Waals surface area contributed by atoms with Crippen LogP contribution in [0.1, 0.15) is 36.0 Å². The van der Waals surface area contributed by atoms with E-state index in [0.29, 0.717) is 6.54 Å². The van der Waals surface area contributed by atoms with Crippen molar-refractivity contribution in [1.82, 2.24) is 20.0 Å². The van der Waals surface area contributed by atoms with E-state index in [4.69, 9.17) is 9.26 Å². The van der Waals surface area contributed by atoms with Crippen LogP contribution in [-0.2, 0) is 17.7 Å². The van der Waals surface area contributed by atoms with Crippen LogP contribution in [0.3, 0.4) is 0 Å². The highest BCUT2D eigenvalue weighted by Gasteiger charge is 2.21. The van der Waals surface area contributed by atoms with E-state index >= 15 is 0 Å². The molecule has 2 aromatic heterocycles. The zero-order valence-corrected chi connectivity index (χ0v) is 13.9. The minimum Gasteiger partial charge on any atom is -0.369 e. The second-order valence-electron chi connectivity index (χ2n) is 5.84. The van der Waals surface area contributed by atoms with Gasteiger partial charge in [-0.25, -0.2) is 9.97 Å². The number of rotatable bonds is 5. The van der Waals surface area contributed by atoms with Crippen LogP contribution in [0.4, 0.5) is 5.82 Å². The summed E-state index contributed by atoms with van der Waals surface area (Å²) in [5.41, 5.74) is 1.87. The SMILES string of the molecule is CCc1cc(CNc2cc(C3CN(C)CCO3)nc(C)n2)on1. The molecular formula is C16H23N5O2. The van der Waals surface area contributed by atoms with E-state index in [9.17, 15) is 0 Å². The van der Waals surface area contributed by atoms with Crippen molar-refractivity contribution in [3.05, 3.63) is 35.1 Å². The predicted molar refractivity (Wildman–Crippen MR) is 86.2 cm³/mol. The molecule has 3 heterocycles. The molecule has 1 N–H and O–H groups in total. The minimum absolute atomic E-state index is 0.00651. The van der Waals surface area contributed by atoms with Crippen molar-refractivity contribution in [2.45, 2.75) is 32.9 Å². The van der Waals surface area contributed by atoms with E-state index in [1.54, 1.807) is 0 Å². The largest absolute Gasteiger partial charge is 0.369 e. The van der Waals surface area contributed by atoms with Gasteiger partial charge in [0.05, 0.1) is 24.5 Å². The Labute approximate surface area is 136 Å². The number of anilines is 1. The third kappa shape index (κ3) is 4.05. The molecule has 1 aliphatic heterocycles. The average Bonchev–Trinajstić information content (AvgIpc) is 3.00. The van der Waals surface area contributed by atoms with Crippen LogP contribution < -0.4 is 5.32 Å². The Bertz CT molecular complexity index is 658. The molecule has 2 aromatic rings. The Morgan fingerprint density at radius 1 is 1.35 bits per heavy atom. The van der Waals surface area contributed by atoms with Gasteiger partial charge in [-0.05, 0) is 20.4 Å². The minimum atomic E-state index is -0.00651. The number of ether oxygens (including phenoxy) is 1. The van der Waals surface area contributed by atoms with Gasteiger partial charge in [0, 0.05) is 25.2 Å². The van der Waals surface area contributed by atoms with Crippen molar-refractivity contribution >= 4 is 5.82 Å². The topological polar surface area (TPSA) is 76.3 Å². The highest BCUT2D eigenvalue weighted by atomic mass is 16.5. The molecule has 23 heavy (non-hydrogen) atoms. The zero-order chi connectivity index (χ0) is 16.2. The second kappa shape index (κ2) is 7.06. The van der Waals surface area contributed by atoms with Crippen LogP contribution in [0.15, 0.2) is 16.7 Å². The normalized spacial score (nSPS) is 19.0. The number of hydrogen-bond donors (Lipinski definition) is 1. The Morgan fingerprint density at radius 2 is 2.22 bits per heavy atom. The van der Waals surface area contributed by atoms with Crippen molar-refractivity contribution in [3.63, 3.8) is 0 Å². The van der Waals surface area contributed by atoms with Gasteiger partial charge in [0.15, 0.2) is 5.76 Å². The van der Waals surface area contributed by atoms with Crippen molar-refractivity contribution in [3.8, 4) is 0 Å². The average molecular weight is 317 g/mol. The molecule has 1 saturated heterocycles. The third-order valence-corrected chi connectivity index (χ3v) is 3.87. The summed E-state index contributed by atoms with van der Waals surface area (Å²) in [5.74, 6) is 2.31. The van der Waals surface area contributed by atoms with E-state index in [-0.39, 0.29) is 6.10 Å². The smallest absolute Gasteiger partial charge is 0.156 e. The number of nitrogens with zero attached hydrogens (tertiary/aromatic N) is 4. The van der Waals surface area contributed by atoms with Gasteiger partial charge in [0.1, 0.15) is 17.7 Å². The fraction of sp³-hybridized carbons (Fsp3) is 0.562. The number of likely N-dealkylation sites (N-methyl/N-ethyl adjacent to an activating group) is 1. The summed E-state index contributed by atoms with van der Waals surface area (Å²) < 4.78 is 11.1. The molecule has 0 aliphatic carbocycles. The van der Waals surface area contributed by atoms with Gasteiger partial charge < -0.3 is 19.5 Å². The predicted octanol–water partition coefficient (Wildman–Crippen LogP) is 1.95. The summed E-state index contributed by atoms with van der Waals surface area (Å²) >= 11 is 0. The van der Waals surface area contributed by atoms with Gasteiger partial charge in [-0.15, -0.1) is 0 Å². The molecule has 7 nitrogen and oxygen atoms in total. The first-order chi connectivity index (χ1) is 11.1. The molecule has 0 radical (unpaired) electrons. The molecule has 0 aromatic carbocycles. The summed E-state index contributed by atoms with van der Waals surface area (Å²) in [4.78, 5) is 11.2. The van der Waals surface area contributed by atoms with Gasteiger partial charge in [-0.1, -0.05) is 12.1 Å². The van der Waals surface area contributed by atoms with Crippen molar-refractivity contribution in [1.29, 1.82) is 0 Å². The van der Waals surface area contributed by atoms with Gasteiger partial charge in [0.25, 0.3) is 0 Å². The number of hydrogen-bond acceptors (Lipinski definition) is 7. The lowest BCUT2D eigenvalue weighted by atomic mass is 10.2. The highest BCUT2D eigenvalue weighted by molar-refractivity contribution is 5.37. The lowest BCUT2D eigenvalue weighted by Crippen LogP contribution is -2.35. The maximum absolute atomic E-state index is 5.84. The fourth-order valence-corrected chi connectivity index (χ4v) is 2.59. The summed E-state index contributed by atoms with van der Waals surface area (Å²) in [6.45, 7) is 7.02. The van der Waals surface area contributed by atoms with Crippen LogP contribution in [0, 0.1) is 6.92 Å². The van der Waals surface area contributed by atoms with E-state index in [2.05, 4.69) is 39.3 Å². The summed E-state index contributed by atoms with van der Waals surface area (Å²) in [7, 11) is 2.10. The number of aryl methyl sites for hydroxylation is 2. The third-order valence-electron chi connectivity index (χ3n) is 3.87. The second-order valence-corrected chi connectivity index (χ2v) is 5.84. The Kier molecular flexibility index (Phi) is 4.88. The molecule has 7 heteroatoms. The molecule has 1 aliphatic rings. The number of aromatic nitrogens is 3. The molecule has 0 spiro atoms. The molecule has 0 amide bonds. The van der Waals surface area contributed by atoms with Crippen LogP contribution in [0.2, 0.25) is 0 Å². The van der Waals surface area contributed by atoms with Crippen molar-refractivity contribution in [2.75, 3.05) is 32.1 Å². The van der Waals surface area contributed by atoms with Gasteiger partial charge >= 0.3 is 0 Å². The summed E-state index contributed by atoms with van der Waals surface area (Å²) in [5, 5.41) is 7.27. The van der Waals surface area contributed by atoms with Gasteiger partial charge in [-0.3, -0.25) is 0 Å². The number of nitrogens with one attached hydrogen (secondary N) is 1. The standard InChI is InChI=1S/C16H23N5O2/c1-4-12-7-13(23-20-12)9-17-16-8-14(18-11(2)19-16)15-10-21(3)5-6-22-15/h7-8,15H,4-6,9-10H2,1-3H3,(H,17,18,19). The zero-order valence-electron chi connectivity index (χ0n) is 13.9. The lowest BCUT2D eigenvalue weighted by Gasteiger charge is -2.29. The summed E-state index contributed by atoms with van der Waals surface area (Å²) in [6.07, 6.45) is 0.861. The Balaban J connectivity index is 1.69. The molecule has 1 unspecified atom stereocenters. The first-order valence-corrected chi connectivity index (χ1v) is 7.98. The Morgan fingerprint density at radius 3 is 2.96 bits per heavy atom. The first kappa shape index (κ1) is 15.9. The quantitative estimate of drug-likeness (QED) is 0.903. The van der Waals surface area contributed by atoms with E-state index in [1.165, 1.54) is 0 Å².